The van der Waals surface area contributed by atoms with Crippen molar-refractivity contribution >= 4 is 0 Å². The monoisotopic (exact) mass is 291 g/mol. The van der Waals surface area contributed by atoms with Crippen LogP contribution in [-0.4, -0.2) is 30.7 Å². The molecule has 0 fully saturated rings. The van der Waals surface area contributed by atoms with Crippen LogP contribution in [0.15, 0.2) is 23.8 Å². The third-order valence-electron chi connectivity index (χ3n) is 3.33. The Kier molecular flexibility index (Phi) is 9.64. The Balaban J connectivity index is 0.00000172. The molecule has 0 radical (unpaired) electrons. The molecular weight excluding hydrogens is 263 g/mol. The van der Waals surface area contributed by atoms with Gasteiger partial charge in [0.2, 0.25) is 0 Å². The van der Waals surface area contributed by atoms with E-state index in [9.17, 15) is 13.2 Å². The molecule has 0 amide bonds. The van der Waals surface area contributed by atoms with E-state index in [1.54, 1.807) is 6.08 Å². The molecule has 1 rings (SSSR count). The Morgan fingerprint density at radius 3 is 2.45 bits per heavy atom. The van der Waals surface area contributed by atoms with Crippen LogP contribution in [-0.2, 0) is 0 Å². The Hall–Kier alpha value is -0.770. The van der Waals surface area contributed by atoms with E-state index in [0.717, 1.165) is 32.4 Å². The average Bonchev–Trinajstić information content (AvgIpc) is 2.45. The standard InChI is InChI=1S/C14H22F3N.C2H6/c1-3-18-10-5-4-6-12(2)7-8-13(9-11-18)14(15,16)17;1-2/h7-9,12H,3-6,10-11H2,1-2H3;1-2H3/b8-7-,13-9+;. The highest BCUT2D eigenvalue weighted by Gasteiger charge is 2.31. The van der Waals surface area contributed by atoms with Crippen LogP contribution in [0.2, 0.25) is 0 Å². The van der Waals surface area contributed by atoms with Gasteiger partial charge in [-0.3, -0.25) is 4.90 Å². The smallest absolute Gasteiger partial charge is 0.300 e. The number of alkyl halides is 3. The molecule has 0 saturated carbocycles. The van der Waals surface area contributed by atoms with E-state index in [1.807, 2.05) is 27.7 Å². The molecule has 0 aliphatic carbocycles. The van der Waals surface area contributed by atoms with E-state index in [2.05, 4.69) is 4.90 Å². The van der Waals surface area contributed by atoms with Crippen LogP contribution in [0.25, 0.3) is 0 Å². The number of halogens is 3. The fraction of sp³-hybridized carbons (Fsp3) is 0.750. The Morgan fingerprint density at radius 2 is 1.90 bits per heavy atom. The highest BCUT2D eigenvalue weighted by atomic mass is 19.4. The maximum absolute atomic E-state index is 12.8. The van der Waals surface area contributed by atoms with Crippen molar-refractivity contribution in [2.24, 2.45) is 5.92 Å². The van der Waals surface area contributed by atoms with Crippen LogP contribution in [0, 0.1) is 5.92 Å². The van der Waals surface area contributed by atoms with Crippen molar-refractivity contribution in [1.82, 2.24) is 4.90 Å². The summed E-state index contributed by atoms with van der Waals surface area (Å²) >= 11 is 0. The van der Waals surface area contributed by atoms with Gasteiger partial charge in [-0.1, -0.05) is 52.3 Å². The van der Waals surface area contributed by atoms with Crippen LogP contribution < -0.4 is 0 Å². The van der Waals surface area contributed by atoms with Crippen molar-refractivity contribution in [1.29, 1.82) is 0 Å². The van der Waals surface area contributed by atoms with Gasteiger partial charge in [0.25, 0.3) is 0 Å². The summed E-state index contributed by atoms with van der Waals surface area (Å²) in [4.78, 5) is 2.05. The van der Waals surface area contributed by atoms with Gasteiger partial charge in [-0.2, -0.15) is 13.2 Å². The Morgan fingerprint density at radius 1 is 1.25 bits per heavy atom. The average molecular weight is 291 g/mol. The van der Waals surface area contributed by atoms with Crippen molar-refractivity contribution in [3.05, 3.63) is 23.8 Å². The lowest BCUT2D eigenvalue weighted by molar-refractivity contribution is -0.0885. The van der Waals surface area contributed by atoms with Gasteiger partial charge in [0.05, 0.1) is 5.57 Å². The first kappa shape index (κ1) is 19.2. The minimum atomic E-state index is -4.25. The van der Waals surface area contributed by atoms with Crippen molar-refractivity contribution in [2.45, 2.75) is 53.1 Å². The molecule has 1 aliphatic heterocycles. The second-order valence-electron chi connectivity index (χ2n) is 4.88. The molecule has 0 bridgehead atoms. The molecule has 118 valence electrons. The van der Waals surface area contributed by atoms with E-state index < -0.39 is 11.7 Å². The molecule has 0 aromatic carbocycles. The minimum Gasteiger partial charge on any atom is -0.300 e. The van der Waals surface area contributed by atoms with Crippen LogP contribution >= 0.6 is 0 Å². The zero-order chi connectivity index (χ0) is 15.6. The normalized spacial score (nSPS) is 26.6. The lowest BCUT2D eigenvalue weighted by Crippen LogP contribution is -2.25. The third-order valence-corrected chi connectivity index (χ3v) is 3.33. The fourth-order valence-electron chi connectivity index (χ4n) is 2.05. The molecule has 1 aliphatic rings. The predicted molar refractivity (Wildman–Crippen MR) is 79.8 cm³/mol. The number of hydrogen-bond donors (Lipinski definition) is 0. The predicted octanol–water partition coefficient (Wildman–Crippen LogP) is 5.20. The molecule has 4 heteroatoms. The van der Waals surface area contributed by atoms with Gasteiger partial charge in [0.1, 0.15) is 0 Å². The van der Waals surface area contributed by atoms with Gasteiger partial charge in [-0.15, -0.1) is 0 Å². The van der Waals surface area contributed by atoms with E-state index in [0.29, 0.717) is 6.54 Å². The van der Waals surface area contributed by atoms with E-state index in [4.69, 9.17) is 0 Å². The summed E-state index contributed by atoms with van der Waals surface area (Å²) in [7, 11) is 0. The van der Waals surface area contributed by atoms with Gasteiger partial charge < -0.3 is 0 Å². The molecule has 0 aromatic heterocycles. The third kappa shape index (κ3) is 7.73. The number of rotatable bonds is 1. The van der Waals surface area contributed by atoms with Gasteiger partial charge >= 0.3 is 6.18 Å². The molecular formula is C16H28F3N. The zero-order valence-corrected chi connectivity index (χ0v) is 13.1. The topological polar surface area (TPSA) is 3.24 Å². The van der Waals surface area contributed by atoms with Gasteiger partial charge in [0, 0.05) is 6.54 Å². The Bertz CT molecular complexity index is 305. The molecule has 0 N–H and O–H groups in total. The second-order valence-corrected chi connectivity index (χ2v) is 4.88. The van der Waals surface area contributed by atoms with Gasteiger partial charge in [-0.05, 0) is 31.8 Å². The molecule has 1 heterocycles. The summed E-state index contributed by atoms with van der Waals surface area (Å²) in [5.74, 6) is 0.212. The van der Waals surface area contributed by atoms with Crippen molar-refractivity contribution in [3.8, 4) is 0 Å². The summed E-state index contributed by atoms with van der Waals surface area (Å²) in [6.45, 7) is 10.0. The lowest BCUT2D eigenvalue weighted by atomic mass is 10.0. The molecule has 1 nitrogen and oxygen atoms in total. The molecule has 1 atom stereocenters. The largest absolute Gasteiger partial charge is 0.416 e. The van der Waals surface area contributed by atoms with Crippen molar-refractivity contribution in [3.63, 3.8) is 0 Å². The summed E-state index contributed by atoms with van der Waals surface area (Å²) in [5, 5.41) is 0. The first-order valence-electron chi connectivity index (χ1n) is 7.61. The first-order chi connectivity index (χ1) is 9.43. The summed E-state index contributed by atoms with van der Waals surface area (Å²) in [5.41, 5.74) is -0.519. The second kappa shape index (κ2) is 10.0. The number of hydrogen-bond acceptors (Lipinski definition) is 1. The highest BCUT2D eigenvalue weighted by Crippen LogP contribution is 2.27. The highest BCUT2D eigenvalue weighted by molar-refractivity contribution is 5.24. The summed E-state index contributed by atoms with van der Waals surface area (Å²) in [6, 6.07) is 0. The quantitative estimate of drug-likeness (QED) is 0.642. The Labute approximate surface area is 121 Å². The van der Waals surface area contributed by atoms with E-state index in [-0.39, 0.29) is 5.92 Å². The zero-order valence-electron chi connectivity index (χ0n) is 13.1. The first-order valence-corrected chi connectivity index (χ1v) is 7.61. The van der Waals surface area contributed by atoms with Crippen LogP contribution in [0.4, 0.5) is 13.2 Å². The summed E-state index contributed by atoms with van der Waals surface area (Å²) in [6.07, 6.45) is 3.07. The maximum Gasteiger partial charge on any atom is 0.416 e. The molecule has 0 spiro atoms. The van der Waals surface area contributed by atoms with Crippen molar-refractivity contribution in [2.75, 3.05) is 19.6 Å². The maximum atomic E-state index is 12.8. The van der Waals surface area contributed by atoms with E-state index in [1.165, 1.54) is 12.2 Å². The lowest BCUT2D eigenvalue weighted by Gasteiger charge is -2.19. The minimum absolute atomic E-state index is 0.212. The number of allylic oxidation sites excluding steroid dienone is 3. The van der Waals surface area contributed by atoms with E-state index >= 15 is 0 Å². The van der Waals surface area contributed by atoms with Crippen molar-refractivity contribution < 1.29 is 13.2 Å². The molecule has 0 saturated heterocycles. The SMILES string of the molecule is CC.CCN1C/C=C(C(F)(F)F)\C=C/C(C)CCCC1. The summed E-state index contributed by atoms with van der Waals surface area (Å²) < 4.78 is 38.4. The number of likely N-dealkylation sites (N-methyl/N-ethyl adjacent to an activating group) is 1. The van der Waals surface area contributed by atoms with Gasteiger partial charge in [-0.25, -0.2) is 0 Å². The van der Waals surface area contributed by atoms with Crippen LogP contribution in [0.3, 0.4) is 0 Å². The molecule has 1 unspecified atom stereocenters. The van der Waals surface area contributed by atoms with Crippen LogP contribution in [0.5, 0.6) is 0 Å². The molecule has 20 heavy (non-hydrogen) atoms. The number of nitrogens with zero attached hydrogens (tertiary/aromatic N) is 1. The fourth-order valence-corrected chi connectivity index (χ4v) is 2.05. The molecule has 0 aromatic rings. The van der Waals surface area contributed by atoms with Gasteiger partial charge in [0.15, 0.2) is 0 Å². The van der Waals surface area contributed by atoms with Crippen LogP contribution in [0.1, 0.15) is 47.0 Å².